The van der Waals surface area contributed by atoms with Gasteiger partial charge < -0.3 is 15.2 Å². The highest BCUT2D eigenvalue weighted by Gasteiger charge is 2.55. The van der Waals surface area contributed by atoms with Crippen molar-refractivity contribution in [3.63, 3.8) is 0 Å². The van der Waals surface area contributed by atoms with Crippen LogP contribution < -0.4 is 10.5 Å². The second-order valence-corrected chi connectivity index (χ2v) is 9.78. The number of aliphatic imine (C=N–C) groups is 1. The molecular weight excluding hydrogens is 428 g/mol. The van der Waals surface area contributed by atoms with Gasteiger partial charge in [0, 0.05) is 37.6 Å². The average Bonchev–Trinajstić information content (AvgIpc) is 2.96. The lowest BCUT2D eigenvalue weighted by Gasteiger charge is -2.44. The van der Waals surface area contributed by atoms with Crippen LogP contribution in [-0.4, -0.2) is 42.1 Å². The first-order chi connectivity index (χ1) is 15.6. The molecule has 174 valence electrons. The number of halogens is 2. The van der Waals surface area contributed by atoms with Crippen molar-refractivity contribution < 1.29 is 23.0 Å². The Hall–Kier alpha value is -3.00. The van der Waals surface area contributed by atoms with Crippen LogP contribution in [0.15, 0.2) is 41.4 Å². The summed E-state index contributed by atoms with van der Waals surface area (Å²) in [7, 11) is 1.60. The molecule has 0 aliphatic carbocycles. The fourth-order valence-corrected chi connectivity index (χ4v) is 5.33. The van der Waals surface area contributed by atoms with Crippen LogP contribution in [0.1, 0.15) is 38.7 Å². The number of fused-ring (bicyclic) bond motifs is 2. The van der Waals surface area contributed by atoms with E-state index in [1.807, 2.05) is 0 Å². The van der Waals surface area contributed by atoms with E-state index in [1.165, 1.54) is 17.0 Å². The maximum atomic E-state index is 13.9. The van der Waals surface area contributed by atoms with Crippen LogP contribution >= 0.6 is 0 Å². The van der Waals surface area contributed by atoms with E-state index in [-0.39, 0.29) is 29.5 Å². The predicted molar refractivity (Wildman–Crippen MR) is 120 cm³/mol. The molecule has 3 heterocycles. The van der Waals surface area contributed by atoms with Crippen molar-refractivity contribution in [1.29, 1.82) is 0 Å². The summed E-state index contributed by atoms with van der Waals surface area (Å²) in [4.78, 5) is 19.5. The number of hydrogen-bond donors (Lipinski definition) is 1. The molecule has 2 aromatic carbocycles. The first-order valence-electron chi connectivity index (χ1n) is 11.1. The van der Waals surface area contributed by atoms with E-state index < -0.39 is 17.2 Å². The first-order valence-corrected chi connectivity index (χ1v) is 11.1. The van der Waals surface area contributed by atoms with Gasteiger partial charge >= 0.3 is 0 Å². The Morgan fingerprint density at radius 1 is 1.09 bits per heavy atom. The van der Waals surface area contributed by atoms with E-state index in [2.05, 4.69) is 18.8 Å². The summed E-state index contributed by atoms with van der Waals surface area (Å²) in [6.45, 7) is 4.74. The molecule has 0 saturated carbocycles. The van der Waals surface area contributed by atoms with Gasteiger partial charge in [0.25, 0.3) is 5.91 Å². The Morgan fingerprint density at radius 2 is 1.82 bits per heavy atom. The molecular formula is C25H27F2N3O3. The third-order valence-electron chi connectivity index (χ3n) is 6.96. The lowest BCUT2D eigenvalue weighted by atomic mass is 9.74. The van der Waals surface area contributed by atoms with E-state index in [0.717, 1.165) is 18.9 Å². The molecule has 1 saturated heterocycles. The van der Waals surface area contributed by atoms with E-state index >= 15 is 0 Å². The van der Waals surface area contributed by atoms with Crippen LogP contribution in [0.4, 0.5) is 8.78 Å². The fourth-order valence-electron chi connectivity index (χ4n) is 5.33. The van der Waals surface area contributed by atoms with Gasteiger partial charge in [-0.15, -0.1) is 0 Å². The van der Waals surface area contributed by atoms with Gasteiger partial charge in [0.2, 0.25) is 0 Å². The van der Waals surface area contributed by atoms with Crippen LogP contribution in [0.2, 0.25) is 0 Å². The fraction of sp³-hybridized carbons (Fsp3) is 0.440. The topological polar surface area (TPSA) is 77.2 Å². The number of likely N-dealkylation sites (N-methyl/N-ethyl adjacent to an activating group) is 1. The van der Waals surface area contributed by atoms with E-state index in [0.29, 0.717) is 35.5 Å². The number of carbonyl (C=O) groups excluding carboxylic acids is 1. The van der Waals surface area contributed by atoms with Crippen LogP contribution in [0.25, 0.3) is 11.1 Å². The Bertz CT molecular complexity index is 1150. The highest BCUT2D eigenvalue weighted by Crippen LogP contribution is 2.49. The summed E-state index contributed by atoms with van der Waals surface area (Å²) < 4.78 is 40.0. The van der Waals surface area contributed by atoms with Crippen LogP contribution in [0.5, 0.6) is 5.75 Å². The van der Waals surface area contributed by atoms with Crippen molar-refractivity contribution in [1.82, 2.24) is 4.90 Å². The Kier molecular flexibility index (Phi) is 4.97. The Labute approximate surface area is 191 Å². The zero-order chi connectivity index (χ0) is 23.5. The largest absolute Gasteiger partial charge is 0.490 e. The molecule has 2 aromatic rings. The number of nitrogens with zero attached hydrogens (tertiary/aromatic N) is 2. The summed E-state index contributed by atoms with van der Waals surface area (Å²) in [5.74, 6) is -0.712. The molecule has 5 rings (SSSR count). The minimum absolute atomic E-state index is 0.140. The summed E-state index contributed by atoms with van der Waals surface area (Å²) in [5, 5.41) is 0. The number of hydrogen-bond acceptors (Lipinski definition) is 5. The molecule has 1 spiro atoms. The van der Waals surface area contributed by atoms with Crippen molar-refractivity contribution in [2.75, 3.05) is 13.7 Å². The molecule has 3 aliphatic rings. The van der Waals surface area contributed by atoms with Gasteiger partial charge in [0.1, 0.15) is 23.5 Å². The number of ether oxygens (including phenoxy) is 2. The first kappa shape index (κ1) is 21.8. The average molecular weight is 456 g/mol. The lowest BCUT2D eigenvalue weighted by Crippen LogP contribution is -2.49. The van der Waals surface area contributed by atoms with Crippen molar-refractivity contribution in [3.05, 3.63) is 53.6 Å². The Morgan fingerprint density at radius 3 is 2.45 bits per heavy atom. The van der Waals surface area contributed by atoms with E-state index in [1.54, 1.807) is 25.2 Å². The van der Waals surface area contributed by atoms with Gasteiger partial charge in [-0.25, -0.2) is 13.8 Å². The molecule has 0 radical (unpaired) electrons. The third kappa shape index (κ3) is 3.66. The van der Waals surface area contributed by atoms with Crippen molar-refractivity contribution >= 4 is 11.9 Å². The summed E-state index contributed by atoms with van der Waals surface area (Å²) in [6, 6.07) is 8.58. The second kappa shape index (κ2) is 7.52. The molecule has 3 unspecified atom stereocenters. The van der Waals surface area contributed by atoms with Crippen molar-refractivity contribution in [3.8, 4) is 16.9 Å². The third-order valence-corrected chi connectivity index (χ3v) is 6.96. The molecule has 3 atom stereocenters. The van der Waals surface area contributed by atoms with Gasteiger partial charge in [0.05, 0.1) is 5.60 Å². The predicted octanol–water partition coefficient (Wildman–Crippen LogP) is 3.97. The molecule has 0 aromatic heterocycles. The van der Waals surface area contributed by atoms with E-state index in [4.69, 9.17) is 15.2 Å². The molecule has 8 heteroatoms. The minimum Gasteiger partial charge on any atom is -0.490 e. The van der Waals surface area contributed by atoms with Crippen molar-refractivity contribution in [2.24, 2.45) is 16.6 Å². The van der Waals surface area contributed by atoms with E-state index in [9.17, 15) is 13.6 Å². The number of guanidine groups is 1. The number of rotatable bonds is 2. The smallest absolute Gasteiger partial charge is 0.261 e. The van der Waals surface area contributed by atoms with Gasteiger partial charge in [0.15, 0.2) is 11.5 Å². The number of amides is 1. The van der Waals surface area contributed by atoms with Crippen LogP contribution in [0.3, 0.4) is 0 Å². The summed E-state index contributed by atoms with van der Waals surface area (Å²) >= 11 is 0. The molecule has 1 amide bonds. The lowest BCUT2D eigenvalue weighted by molar-refractivity contribution is -0.134. The molecule has 6 nitrogen and oxygen atoms in total. The summed E-state index contributed by atoms with van der Waals surface area (Å²) in [6.07, 6.45) is 1.72. The number of carbonyl (C=O) groups is 1. The molecule has 1 fully saturated rings. The normalized spacial score (nSPS) is 28.5. The SMILES string of the molecule is CN1C(=O)C2(CC(C3CCOC(C)(C)C3)Oc3ccc(-c4cc(F)cc(F)c4)cc32)N=C1N. The quantitative estimate of drug-likeness (QED) is 0.744. The number of benzene rings is 2. The standard InChI is InChI=1S/C25H27F2N3O3/c1-24(2)12-15(6-7-32-24)21-13-25(22(31)30(3)23(28)29-25)19-10-14(4-5-20(19)33-21)16-8-17(26)11-18(27)9-16/h4-5,8-11,15,21H,6-7,12-13H2,1-3H3,(H2,28,29). The monoisotopic (exact) mass is 455 g/mol. The zero-order valence-electron chi connectivity index (χ0n) is 18.9. The highest BCUT2D eigenvalue weighted by atomic mass is 19.1. The second-order valence-electron chi connectivity index (χ2n) is 9.78. The van der Waals surface area contributed by atoms with Gasteiger partial charge in [-0.3, -0.25) is 9.69 Å². The molecule has 2 N–H and O–H groups in total. The Balaban J connectivity index is 1.61. The van der Waals surface area contributed by atoms with Crippen LogP contribution in [0, 0.1) is 17.6 Å². The minimum atomic E-state index is -1.23. The maximum Gasteiger partial charge on any atom is 0.261 e. The highest BCUT2D eigenvalue weighted by molar-refractivity contribution is 6.07. The molecule has 0 bridgehead atoms. The summed E-state index contributed by atoms with van der Waals surface area (Å²) in [5.41, 5.74) is 6.07. The maximum absolute atomic E-state index is 13.9. The zero-order valence-corrected chi connectivity index (χ0v) is 18.9. The van der Waals surface area contributed by atoms with Crippen molar-refractivity contribution in [2.45, 2.75) is 50.4 Å². The van der Waals surface area contributed by atoms with Gasteiger partial charge in [-0.1, -0.05) is 6.07 Å². The van der Waals surface area contributed by atoms with Crippen LogP contribution in [-0.2, 0) is 15.1 Å². The van der Waals surface area contributed by atoms with Gasteiger partial charge in [-0.2, -0.15) is 0 Å². The van der Waals surface area contributed by atoms with Gasteiger partial charge in [-0.05, 0) is 62.1 Å². The molecule has 33 heavy (non-hydrogen) atoms. The molecule has 3 aliphatic heterocycles. The number of nitrogens with two attached hydrogens (primary N) is 1.